The van der Waals surface area contributed by atoms with Gasteiger partial charge in [-0.1, -0.05) is 24.3 Å². The fourth-order valence-electron chi connectivity index (χ4n) is 1.28. The Morgan fingerprint density at radius 3 is 3.00 bits per heavy atom. The number of nitrogens with one attached hydrogen (secondary N) is 1. The van der Waals surface area contributed by atoms with E-state index in [0.29, 0.717) is 3.71 Å². The highest BCUT2D eigenvalue weighted by Gasteiger charge is 2.13. The molecular weight excluding hydrogens is 214 g/mol. The molecule has 1 aliphatic rings. The quantitative estimate of drug-likeness (QED) is 0.516. The van der Waals surface area contributed by atoms with E-state index in [0.717, 1.165) is 11.3 Å². The van der Waals surface area contributed by atoms with Crippen molar-refractivity contribution in [3.63, 3.8) is 0 Å². The molecule has 0 saturated carbocycles. The molecule has 0 saturated heterocycles. The fraction of sp³-hybridized carbons (Fsp3) is 0.100. The van der Waals surface area contributed by atoms with Crippen molar-refractivity contribution in [1.82, 2.24) is 0 Å². The number of carbonyl (C=O) groups is 1. The monoisotopic (exact) mass is 223 g/mol. The van der Waals surface area contributed by atoms with Crippen molar-refractivity contribution in [1.29, 1.82) is 0 Å². The highest BCUT2D eigenvalue weighted by molar-refractivity contribution is 7.96. The Morgan fingerprint density at radius 1 is 1.36 bits per heavy atom. The normalized spacial score (nSPS) is 23.5. The number of benzene rings is 1. The number of rotatable bonds is 0. The number of quaternary nitrogens is 1. The highest BCUT2D eigenvalue weighted by atomic mass is 32.2. The summed E-state index contributed by atoms with van der Waals surface area (Å²) in [6.07, 6.45) is 4.23. The third-order valence-electron chi connectivity index (χ3n) is 1.98. The third kappa shape index (κ3) is 2.03. The topological polar surface area (TPSA) is 21.5 Å². The summed E-state index contributed by atoms with van der Waals surface area (Å²) in [6, 6.07) is 8.02. The highest BCUT2D eigenvalue weighted by Crippen LogP contribution is 2.19. The standard InChI is InChI=1S/C10H9NOS2/c12-10-7-3-5-8-4-1-2-6-9(8)14-11(10)13/h1-4,6-7,11H,5H2/b7-3-. The molecule has 1 aromatic carbocycles. The van der Waals surface area contributed by atoms with Crippen LogP contribution in [0.5, 0.6) is 0 Å². The van der Waals surface area contributed by atoms with Crippen LogP contribution >= 0.6 is 11.9 Å². The first-order chi connectivity index (χ1) is 6.77. The van der Waals surface area contributed by atoms with Gasteiger partial charge in [0.15, 0.2) is 0 Å². The molecule has 1 aromatic rings. The van der Waals surface area contributed by atoms with Gasteiger partial charge in [0.2, 0.25) is 0 Å². The minimum atomic E-state index is -0.0560. The van der Waals surface area contributed by atoms with E-state index in [4.69, 9.17) is 12.8 Å². The predicted molar refractivity (Wildman–Crippen MR) is 58.5 cm³/mol. The van der Waals surface area contributed by atoms with Crippen LogP contribution in [0, 0.1) is 0 Å². The molecule has 0 bridgehead atoms. The molecule has 1 N–H and O–H groups in total. The summed E-state index contributed by atoms with van der Waals surface area (Å²) >= 11 is 6.40. The summed E-state index contributed by atoms with van der Waals surface area (Å²) in [5.74, 6) is -0.0560. The number of allylic oxidation sites excluding steroid dienone is 1. The molecule has 1 heterocycles. The van der Waals surface area contributed by atoms with Crippen molar-refractivity contribution < 1.29 is 8.51 Å². The summed E-state index contributed by atoms with van der Waals surface area (Å²) < 4.78 is 0.424. The SMILES string of the molecule is O=C1/C=C\Cc2ccccc2S[NH+]1[S-]. The number of carbonyl (C=O) groups excluding carboxylic acids is 1. The molecule has 2 nitrogen and oxygen atoms in total. The van der Waals surface area contributed by atoms with Crippen LogP contribution in [0.25, 0.3) is 0 Å². The van der Waals surface area contributed by atoms with Crippen molar-refractivity contribution in [2.45, 2.75) is 11.3 Å². The van der Waals surface area contributed by atoms with Gasteiger partial charge in [-0.05, 0) is 18.1 Å². The predicted octanol–water partition coefficient (Wildman–Crippen LogP) is 0.679. The van der Waals surface area contributed by atoms with E-state index < -0.39 is 0 Å². The molecule has 1 atom stereocenters. The van der Waals surface area contributed by atoms with E-state index in [-0.39, 0.29) is 5.91 Å². The summed E-state index contributed by atoms with van der Waals surface area (Å²) in [5.41, 5.74) is 1.23. The Bertz CT molecular complexity index is 389. The third-order valence-corrected chi connectivity index (χ3v) is 3.44. The van der Waals surface area contributed by atoms with Gasteiger partial charge in [0, 0.05) is 6.08 Å². The van der Waals surface area contributed by atoms with Gasteiger partial charge in [0.1, 0.15) is 0 Å². The van der Waals surface area contributed by atoms with E-state index in [2.05, 4.69) is 6.07 Å². The van der Waals surface area contributed by atoms with Gasteiger partial charge in [0.05, 0.1) is 16.8 Å². The molecule has 14 heavy (non-hydrogen) atoms. The zero-order valence-corrected chi connectivity index (χ0v) is 9.03. The van der Waals surface area contributed by atoms with Gasteiger partial charge in [-0.25, -0.2) is 4.79 Å². The van der Waals surface area contributed by atoms with E-state index in [1.165, 1.54) is 17.5 Å². The van der Waals surface area contributed by atoms with Gasteiger partial charge in [0.25, 0.3) is 0 Å². The van der Waals surface area contributed by atoms with E-state index in [9.17, 15) is 4.79 Å². The molecule has 0 aromatic heterocycles. The van der Waals surface area contributed by atoms with Crippen LogP contribution in [0.4, 0.5) is 0 Å². The van der Waals surface area contributed by atoms with Gasteiger partial charge in [-0.2, -0.15) is 0 Å². The lowest BCUT2D eigenvalue weighted by Gasteiger charge is -2.19. The molecule has 0 fully saturated rings. The van der Waals surface area contributed by atoms with Gasteiger partial charge >= 0.3 is 5.91 Å². The number of hydrogen-bond donors (Lipinski definition) is 1. The number of amides is 1. The van der Waals surface area contributed by atoms with Crippen molar-refractivity contribution in [3.05, 3.63) is 42.0 Å². The van der Waals surface area contributed by atoms with E-state index >= 15 is 0 Å². The summed E-state index contributed by atoms with van der Waals surface area (Å²) in [6.45, 7) is 0. The lowest BCUT2D eigenvalue weighted by atomic mass is 10.1. The zero-order chi connectivity index (χ0) is 9.97. The maximum absolute atomic E-state index is 11.3. The molecule has 0 aliphatic carbocycles. The average Bonchev–Trinajstić information content (AvgIpc) is 2.18. The molecule has 0 radical (unpaired) electrons. The minimum Gasteiger partial charge on any atom is -0.472 e. The van der Waals surface area contributed by atoms with Crippen LogP contribution in [-0.2, 0) is 24.0 Å². The molecule has 2 rings (SSSR count). The second kappa shape index (κ2) is 4.21. The molecule has 72 valence electrons. The Labute approximate surface area is 92.7 Å². The Morgan fingerprint density at radius 2 is 2.14 bits per heavy atom. The maximum Gasteiger partial charge on any atom is 0.330 e. The number of fused-ring (bicyclic) bond motifs is 1. The van der Waals surface area contributed by atoms with Crippen LogP contribution in [0.15, 0.2) is 41.3 Å². The second-order valence-corrected chi connectivity index (χ2v) is 4.69. The Hall–Kier alpha value is -0.710. The summed E-state index contributed by atoms with van der Waals surface area (Å²) in [7, 11) is 0. The van der Waals surface area contributed by atoms with Crippen LogP contribution < -0.4 is 3.71 Å². The van der Waals surface area contributed by atoms with Crippen LogP contribution in [0.1, 0.15) is 5.56 Å². The summed E-state index contributed by atoms with van der Waals surface area (Å²) in [5, 5.41) is 0. The molecule has 4 heteroatoms. The van der Waals surface area contributed by atoms with Gasteiger partial charge < -0.3 is 16.5 Å². The Kier molecular flexibility index (Phi) is 2.96. The fourth-order valence-corrected chi connectivity index (χ4v) is 2.42. The smallest absolute Gasteiger partial charge is 0.330 e. The zero-order valence-electron chi connectivity index (χ0n) is 7.40. The molecular formula is C10H9NOS2. The van der Waals surface area contributed by atoms with Crippen LogP contribution in [0.2, 0.25) is 0 Å². The van der Waals surface area contributed by atoms with Crippen LogP contribution in [0.3, 0.4) is 0 Å². The summed E-state index contributed by atoms with van der Waals surface area (Å²) in [4.78, 5) is 12.4. The van der Waals surface area contributed by atoms with Crippen molar-refractivity contribution >= 4 is 30.7 Å². The van der Waals surface area contributed by atoms with E-state index in [1.54, 1.807) is 6.08 Å². The molecule has 1 aliphatic heterocycles. The largest absolute Gasteiger partial charge is 0.472 e. The van der Waals surface area contributed by atoms with Crippen molar-refractivity contribution in [2.24, 2.45) is 0 Å². The molecule has 1 amide bonds. The lowest BCUT2D eigenvalue weighted by Crippen LogP contribution is -3.03. The van der Waals surface area contributed by atoms with E-state index in [1.807, 2.05) is 24.3 Å². The van der Waals surface area contributed by atoms with Gasteiger partial charge in [-0.15, -0.1) is 0 Å². The van der Waals surface area contributed by atoms with Crippen LogP contribution in [-0.4, -0.2) is 5.91 Å². The first-order valence-corrected chi connectivity index (χ1v) is 5.50. The Balaban J connectivity index is 2.37. The second-order valence-electron chi connectivity index (χ2n) is 2.97. The minimum absolute atomic E-state index is 0.0560. The van der Waals surface area contributed by atoms with Crippen molar-refractivity contribution in [3.8, 4) is 0 Å². The molecule has 0 spiro atoms. The average molecular weight is 223 g/mol. The maximum atomic E-state index is 11.3. The first kappa shape index (κ1) is 9.83. The molecule has 1 unspecified atom stereocenters. The lowest BCUT2D eigenvalue weighted by molar-refractivity contribution is -0.493. The number of hydrogen-bond acceptors (Lipinski definition) is 3. The van der Waals surface area contributed by atoms with Crippen molar-refractivity contribution in [2.75, 3.05) is 0 Å². The van der Waals surface area contributed by atoms with Gasteiger partial charge in [-0.3, -0.25) is 0 Å². The first-order valence-electron chi connectivity index (χ1n) is 4.28.